The summed E-state index contributed by atoms with van der Waals surface area (Å²) < 4.78 is 13.0. The lowest BCUT2D eigenvalue weighted by Gasteiger charge is -2.05. The molecule has 23 heavy (non-hydrogen) atoms. The Morgan fingerprint density at radius 2 is 1.87 bits per heavy atom. The van der Waals surface area contributed by atoms with E-state index in [9.17, 15) is 14.0 Å². The molecular weight excluding hydrogens is 323 g/mol. The van der Waals surface area contributed by atoms with Crippen LogP contribution in [0.2, 0.25) is 5.02 Å². The Balaban J connectivity index is 1.97. The number of anilines is 1. The molecule has 6 nitrogen and oxygen atoms in total. The second kappa shape index (κ2) is 7.46. The molecule has 1 heterocycles. The van der Waals surface area contributed by atoms with Gasteiger partial charge >= 0.3 is 11.8 Å². The number of carbonyl (C=O) groups excluding carboxylic acids is 2. The monoisotopic (exact) mass is 334 g/mol. The van der Waals surface area contributed by atoms with Crippen LogP contribution in [0.4, 0.5) is 10.1 Å². The third-order valence-electron chi connectivity index (χ3n) is 2.81. The molecule has 0 aliphatic carbocycles. The number of nitrogens with one attached hydrogen (secondary N) is 2. The molecule has 0 atom stereocenters. The number of amides is 2. The number of halogens is 2. The average Bonchev–Trinajstić information content (AvgIpc) is 2.56. The first kappa shape index (κ1) is 16.6. The number of pyridine rings is 1. The number of hydrogen-bond donors (Lipinski definition) is 2. The summed E-state index contributed by atoms with van der Waals surface area (Å²) in [6.07, 6.45) is 3.17. The second-order valence-corrected chi connectivity index (χ2v) is 4.86. The highest BCUT2D eigenvalue weighted by Gasteiger charge is 2.14. The third kappa shape index (κ3) is 4.58. The number of hydrazone groups is 1. The minimum Gasteiger partial charge on any atom is -0.318 e. The van der Waals surface area contributed by atoms with Crippen LogP contribution in [0.1, 0.15) is 12.5 Å². The maximum atomic E-state index is 13.0. The molecule has 0 radical (unpaired) electrons. The third-order valence-corrected chi connectivity index (χ3v) is 3.10. The van der Waals surface area contributed by atoms with Crippen LogP contribution in [0.3, 0.4) is 0 Å². The maximum absolute atomic E-state index is 13.0. The van der Waals surface area contributed by atoms with Crippen LogP contribution in [0.25, 0.3) is 0 Å². The van der Waals surface area contributed by atoms with Crippen molar-refractivity contribution in [3.63, 3.8) is 0 Å². The van der Waals surface area contributed by atoms with Crippen molar-refractivity contribution >= 4 is 34.8 Å². The molecule has 0 spiro atoms. The average molecular weight is 335 g/mol. The molecule has 0 aliphatic rings. The molecule has 1 aromatic heterocycles. The largest absolute Gasteiger partial charge is 0.329 e. The van der Waals surface area contributed by atoms with Crippen molar-refractivity contribution < 1.29 is 14.0 Å². The molecule has 0 unspecified atom stereocenters. The van der Waals surface area contributed by atoms with Gasteiger partial charge in [0.25, 0.3) is 0 Å². The van der Waals surface area contributed by atoms with E-state index in [1.807, 2.05) is 0 Å². The maximum Gasteiger partial charge on any atom is 0.329 e. The Hall–Kier alpha value is -2.80. The lowest BCUT2D eigenvalue weighted by atomic mass is 10.2. The fourth-order valence-electron chi connectivity index (χ4n) is 1.60. The zero-order valence-corrected chi connectivity index (χ0v) is 12.8. The minimum atomic E-state index is -0.959. The first-order valence-electron chi connectivity index (χ1n) is 6.48. The smallest absolute Gasteiger partial charge is 0.318 e. The van der Waals surface area contributed by atoms with Gasteiger partial charge in [-0.3, -0.25) is 14.6 Å². The molecule has 118 valence electrons. The Morgan fingerprint density at radius 1 is 1.17 bits per heavy atom. The van der Waals surface area contributed by atoms with Crippen molar-refractivity contribution in [1.29, 1.82) is 0 Å². The number of hydrogen-bond acceptors (Lipinski definition) is 4. The van der Waals surface area contributed by atoms with Crippen LogP contribution in [0.5, 0.6) is 0 Å². The SMILES string of the molecule is C/C(=N\NC(=O)C(=O)Nc1ccc(F)c(Cl)c1)c1ccncc1. The van der Waals surface area contributed by atoms with Crippen molar-refractivity contribution in [3.05, 3.63) is 59.1 Å². The molecule has 2 amide bonds. The van der Waals surface area contributed by atoms with Crippen molar-refractivity contribution in [3.8, 4) is 0 Å². The number of benzene rings is 1. The van der Waals surface area contributed by atoms with Gasteiger partial charge in [0.2, 0.25) is 0 Å². The highest BCUT2D eigenvalue weighted by atomic mass is 35.5. The normalized spacial score (nSPS) is 11.0. The zero-order valence-electron chi connectivity index (χ0n) is 12.0. The molecule has 0 saturated carbocycles. The van der Waals surface area contributed by atoms with Gasteiger partial charge in [-0.05, 0) is 37.3 Å². The van der Waals surface area contributed by atoms with Crippen molar-refractivity contribution in [2.75, 3.05) is 5.32 Å². The zero-order chi connectivity index (χ0) is 16.8. The van der Waals surface area contributed by atoms with Crippen molar-refractivity contribution in [2.24, 2.45) is 5.10 Å². The van der Waals surface area contributed by atoms with Crippen LogP contribution in [-0.4, -0.2) is 22.5 Å². The van der Waals surface area contributed by atoms with E-state index in [2.05, 4.69) is 20.8 Å². The first-order valence-corrected chi connectivity index (χ1v) is 6.86. The second-order valence-electron chi connectivity index (χ2n) is 4.46. The molecule has 8 heteroatoms. The van der Waals surface area contributed by atoms with Gasteiger partial charge < -0.3 is 5.32 Å². The standard InChI is InChI=1S/C15H12ClFN4O2/c1-9(10-4-6-18-7-5-10)20-21-15(23)14(22)19-11-2-3-13(17)12(16)8-11/h2-8H,1H3,(H,19,22)(H,21,23)/b20-9+. The van der Waals surface area contributed by atoms with Gasteiger partial charge in [-0.25, -0.2) is 9.82 Å². The lowest BCUT2D eigenvalue weighted by Crippen LogP contribution is -2.32. The molecule has 2 N–H and O–H groups in total. The molecule has 2 rings (SSSR count). The van der Waals surface area contributed by atoms with Gasteiger partial charge in [0, 0.05) is 23.6 Å². The summed E-state index contributed by atoms with van der Waals surface area (Å²) in [4.78, 5) is 27.3. The van der Waals surface area contributed by atoms with E-state index < -0.39 is 17.6 Å². The summed E-state index contributed by atoms with van der Waals surface area (Å²) in [5, 5.41) is 5.97. The van der Waals surface area contributed by atoms with Crippen molar-refractivity contribution in [2.45, 2.75) is 6.92 Å². The van der Waals surface area contributed by atoms with E-state index >= 15 is 0 Å². The summed E-state index contributed by atoms with van der Waals surface area (Å²) in [6.45, 7) is 1.67. The Morgan fingerprint density at radius 3 is 2.52 bits per heavy atom. The summed E-state index contributed by atoms with van der Waals surface area (Å²) in [7, 11) is 0. The number of rotatable bonds is 3. The summed E-state index contributed by atoms with van der Waals surface area (Å²) in [5.74, 6) is -2.52. The number of aromatic nitrogens is 1. The number of carbonyl (C=O) groups is 2. The van der Waals surface area contributed by atoms with Gasteiger partial charge in [0.15, 0.2) is 0 Å². The minimum absolute atomic E-state index is 0.158. The lowest BCUT2D eigenvalue weighted by molar-refractivity contribution is -0.136. The molecular formula is C15H12ClFN4O2. The molecule has 2 aromatic rings. The summed E-state index contributed by atoms with van der Waals surface area (Å²) in [5.41, 5.74) is 3.60. The number of nitrogens with zero attached hydrogens (tertiary/aromatic N) is 2. The van der Waals surface area contributed by atoms with Crippen molar-refractivity contribution in [1.82, 2.24) is 10.4 Å². The Labute approximate surface area is 136 Å². The van der Waals surface area contributed by atoms with E-state index in [1.54, 1.807) is 31.5 Å². The van der Waals surface area contributed by atoms with Crippen LogP contribution in [-0.2, 0) is 9.59 Å². The van der Waals surface area contributed by atoms with E-state index in [1.165, 1.54) is 12.1 Å². The molecule has 0 fully saturated rings. The van der Waals surface area contributed by atoms with Crippen LogP contribution >= 0.6 is 11.6 Å². The highest BCUT2D eigenvalue weighted by Crippen LogP contribution is 2.19. The fourth-order valence-corrected chi connectivity index (χ4v) is 1.79. The molecule has 1 aromatic carbocycles. The van der Waals surface area contributed by atoms with Gasteiger partial charge in [-0.15, -0.1) is 0 Å². The Bertz CT molecular complexity index is 765. The van der Waals surface area contributed by atoms with Gasteiger partial charge in [-0.1, -0.05) is 11.6 Å². The molecule has 0 aliphatic heterocycles. The molecule has 0 saturated heterocycles. The predicted molar refractivity (Wildman–Crippen MR) is 84.6 cm³/mol. The van der Waals surface area contributed by atoms with Gasteiger partial charge in [0.05, 0.1) is 10.7 Å². The molecule has 0 bridgehead atoms. The first-order chi connectivity index (χ1) is 11.0. The van der Waals surface area contributed by atoms with Crippen LogP contribution in [0.15, 0.2) is 47.8 Å². The van der Waals surface area contributed by atoms with Crippen LogP contribution < -0.4 is 10.7 Å². The van der Waals surface area contributed by atoms with E-state index in [4.69, 9.17) is 11.6 Å². The van der Waals surface area contributed by atoms with E-state index in [0.717, 1.165) is 11.6 Å². The summed E-state index contributed by atoms with van der Waals surface area (Å²) >= 11 is 5.59. The topological polar surface area (TPSA) is 83.5 Å². The fraction of sp³-hybridized carbons (Fsp3) is 0.0667. The van der Waals surface area contributed by atoms with E-state index in [0.29, 0.717) is 5.71 Å². The van der Waals surface area contributed by atoms with Crippen LogP contribution in [0, 0.1) is 5.82 Å². The van der Waals surface area contributed by atoms with E-state index in [-0.39, 0.29) is 10.7 Å². The summed E-state index contributed by atoms with van der Waals surface area (Å²) in [6, 6.07) is 7.00. The Kier molecular flexibility index (Phi) is 5.37. The quantitative estimate of drug-likeness (QED) is 0.513. The highest BCUT2D eigenvalue weighted by molar-refractivity contribution is 6.40. The predicted octanol–water partition coefficient (Wildman–Crippen LogP) is 2.35. The van der Waals surface area contributed by atoms with Gasteiger partial charge in [0.1, 0.15) is 5.82 Å². The van der Waals surface area contributed by atoms with Gasteiger partial charge in [-0.2, -0.15) is 5.10 Å².